The summed E-state index contributed by atoms with van der Waals surface area (Å²) in [5.41, 5.74) is 10.5. The van der Waals surface area contributed by atoms with Gasteiger partial charge in [0.25, 0.3) is 5.91 Å². The maximum atomic E-state index is 12.1. The second kappa shape index (κ2) is 8.45. The van der Waals surface area contributed by atoms with Gasteiger partial charge < -0.3 is 15.8 Å². The highest BCUT2D eigenvalue weighted by molar-refractivity contribution is 5.94. The van der Waals surface area contributed by atoms with Crippen LogP contribution < -0.4 is 11.1 Å². The van der Waals surface area contributed by atoms with E-state index in [1.54, 1.807) is 0 Å². The van der Waals surface area contributed by atoms with Crippen molar-refractivity contribution in [2.45, 2.75) is 27.2 Å². The minimum absolute atomic E-state index is 0.0677. The van der Waals surface area contributed by atoms with Gasteiger partial charge in [-0.3, -0.25) is 4.79 Å². The Kier molecular flexibility index (Phi) is 6.32. The third-order valence-corrected chi connectivity index (χ3v) is 3.81. The first-order chi connectivity index (χ1) is 11.5. The van der Waals surface area contributed by atoms with E-state index in [1.165, 1.54) is 0 Å². The molecular formula is C19H25N3O2. The Bertz CT molecular complexity index is 673. The van der Waals surface area contributed by atoms with Crippen LogP contribution in [0.3, 0.4) is 0 Å². The number of amides is 1. The SMILES string of the molecule is CCOCCCNC(=O)c1ccc(-c2c(C)cc(N)nc2C)cc1. The quantitative estimate of drug-likeness (QED) is 0.766. The van der Waals surface area contributed by atoms with Crippen LogP contribution in [-0.2, 0) is 4.74 Å². The fourth-order valence-corrected chi connectivity index (χ4v) is 2.71. The van der Waals surface area contributed by atoms with Crippen molar-refractivity contribution < 1.29 is 9.53 Å². The van der Waals surface area contributed by atoms with Gasteiger partial charge in [0.1, 0.15) is 5.82 Å². The summed E-state index contributed by atoms with van der Waals surface area (Å²) in [5, 5.41) is 2.90. The zero-order valence-corrected chi connectivity index (χ0v) is 14.6. The number of nitrogens with two attached hydrogens (primary N) is 1. The van der Waals surface area contributed by atoms with E-state index in [0.29, 0.717) is 31.1 Å². The fraction of sp³-hybridized carbons (Fsp3) is 0.368. The van der Waals surface area contributed by atoms with Gasteiger partial charge in [-0.1, -0.05) is 12.1 Å². The number of anilines is 1. The summed E-state index contributed by atoms with van der Waals surface area (Å²) in [6, 6.07) is 9.43. The Morgan fingerprint density at radius 3 is 2.58 bits per heavy atom. The van der Waals surface area contributed by atoms with Gasteiger partial charge >= 0.3 is 0 Å². The average Bonchev–Trinajstić information content (AvgIpc) is 2.54. The highest BCUT2D eigenvalue weighted by Crippen LogP contribution is 2.27. The highest BCUT2D eigenvalue weighted by Gasteiger charge is 2.10. The van der Waals surface area contributed by atoms with E-state index in [-0.39, 0.29) is 5.91 Å². The lowest BCUT2D eigenvalue weighted by molar-refractivity contribution is 0.0944. The minimum Gasteiger partial charge on any atom is -0.384 e. The van der Waals surface area contributed by atoms with Crippen LogP contribution in [0.15, 0.2) is 30.3 Å². The second-order valence-corrected chi connectivity index (χ2v) is 5.71. The Hall–Kier alpha value is -2.40. The van der Waals surface area contributed by atoms with E-state index in [4.69, 9.17) is 10.5 Å². The predicted octanol–water partition coefficient (Wildman–Crippen LogP) is 3.10. The van der Waals surface area contributed by atoms with Crippen LogP contribution in [0.25, 0.3) is 11.1 Å². The second-order valence-electron chi connectivity index (χ2n) is 5.71. The van der Waals surface area contributed by atoms with Crippen molar-refractivity contribution in [1.82, 2.24) is 10.3 Å². The summed E-state index contributed by atoms with van der Waals surface area (Å²) in [5.74, 6) is 0.457. The maximum absolute atomic E-state index is 12.1. The van der Waals surface area contributed by atoms with Gasteiger partial charge in [0, 0.05) is 36.6 Å². The van der Waals surface area contributed by atoms with Gasteiger partial charge in [-0.05, 0) is 56.5 Å². The standard InChI is InChI=1S/C19H25N3O2/c1-4-24-11-5-10-21-19(23)16-8-6-15(7-9-16)18-13(2)12-17(20)22-14(18)3/h6-9,12H,4-5,10-11H2,1-3H3,(H2,20,22)(H,21,23). The molecule has 0 fully saturated rings. The predicted molar refractivity (Wildman–Crippen MR) is 97.0 cm³/mol. The third-order valence-electron chi connectivity index (χ3n) is 3.81. The van der Waals surface area contributed by atoms with Crippen LogP contribution in [0.2, 0.25) is 0 Å². The van der Waals surface area contributed by atoms with Crippen molar-refractivity contribution in [3.63, 3.8) is 0 Å². The summed E-state index contributed by atoms with van der Waals surface area (Å²) < 4.78 is 5.25. The molecule has 5 heteroatoms. The molecule has 1 heterocycles. The van der Waals surface area contributed by atoms with E-state index in [0.717, 1.165) is 28.8 Å². The first-order valence-electron chi connectivity index (χ1n) is 8.23. The molecule has 1 aromatic heterocycles. The number of rotatable bonds is 7. The zero-order valence-electron chi connectivity index (χ0n) is 14.6. The van der Waals surface area contributed by atoms with Crippen LogP contribution in [0, 0.1) is 13.8 Å². The van der Waals surface area contributed by atoms with Gasteiger partial charge in [-0.25, -0.2) is 4.98 Å². The van der Waals surface area contributed by atoms with Crippen LogP contribution in [0.1, 0.15) is 35.0 Å². The maximum Gasteiger partial charge on any atom is 0.251 e. The van der Waals surface area contributed by atoms with Crippen molar-refractivity contribution in [1.29, 1.82) is 0 Å². The molecule has 0 unspecified atom stereocenters. The number of carbonyl (C=O) groups excluding carboxylic acids is 1. The molecule has 0 atom stereocenters. The van der Waals surface area contributed by atoms with Gasteiger partial charge in [0.15, 0.2) is 0 Å². The molecule has 1 amide bonds. The van der Waals surface area contributed by atoms with Crippen LogP contribution in [0.5, 0.6) is 0 Å². The number of aryl methyl sites for hydroxylation is 2. The number of ether oxygens (including phenoxy) is 1. The number of nitrogens with zero attached hydrogens (tertiary/aromatic N) is 1. The summed E-state index contributed by atoms with van der Waals surface area (Å²) in [4.78, 5) is 16.4. The molecule has 0 bridgehead atoms. The van der Waals surface area contributed by atoms with Gasteiger partial charge in [0.2, 0.25) is 0 Å². The number of carbonyl (C=O) groups is 1. The number of hydrogen-bond donors (Lipinski definition) is 2. The highest BCUT2D eigenvalue weighted by atomic mass is 16.5. The average molecular weight is 327 g/mol. The molecule has 0 aliphatic carbocycles. The lowest BCUT2D eigenvalue weighted by Crippen LogP contribution is -2.25. The number of hydrogen-bond acceptors (Lipinski definition) is 4. The van der Waals surface area contributed by atoms with E-state index >= 15 is 0 Å². The molecule has 0 saturated carbocycles. The number of nitrogens with one attached hydrogen (secondary N) is 1. The molecule has 128 valence electrons. The first kappa shape index (κ1) is 17.9. The number of benzene rings is 1. The number of nitrogen functional groups attached to an aromatic ring is 1. The van der Waals surface area contributed by atoms with E-state index < -0.39 is 0 Å². The molecule has 5 nitrogen and oxygen atoms in total. The van der Waals surface area contributed by atoms with Gasteiger partial charge in [0.05, 0.1) is 0 Å². The Labute approximate surface area is 143 Å². The molecule has 3 N–H and O–H groups in total. The summed E-state index contributed by atoms with van der Waals surface area (Å²) in [6.45, 7) is 7.89. The van der Waals surface area contributed by atoms with E-state index in [9.17, 15) is 4.79 Å². The molecule has 2 rings (SSSR count). The molecule has 1 aromatic carbocycles. The molecule has 0 radical (unpaired) electrons. The molecule has 0 spiro atoms. The van der Waals surface area contributed by atoms with Crippen LogP contribution >= 0.6 is 0 Å². The number of aromatic nitrogens is 1. The lowest BCUT2D eigenvalue weighted by atomic mass is 9.98. The van der Waals surface area contributed by atoms with Crippen molar-refractivity contribution in [3.05, 3.63) is 47.2 Å². The van der Waals surface area contributed by atoms with Crippen molar-refractivity contribution in [2.24, 2.45) is 0 Å². The monoisotopic (exact) mass is 327 g/mol. The van der Waals surface area contributed by atoms with Crippen molar-refractivity contribution >= 4 is 11.7 Å². The first-order valence-corrected chi connectivity index (χ1v) is 8.23. The Morgan fingerprint density at radius 1 is 1.25 bits per heavy atom. The van der Waals surface area contributed by atoms with Gasteiger partial charge in [-0.2, -0.15) is 0 Å². The van der Waals surface area contributed by atoms with Gasteiger partial charge in [-0.15, -0.1) is 0 Å². The van der Waals surface area contributed by atoms with Crippen LogP contribution in [-0.4, -0.2) is 30.6 Å². The van der Waals surface area contributed by atoms with E-state index in [1.807, 2.05) is 51.1 Å². The zero-order chi connectivity index (χ0) is 17.5. The minimum atomic E-state index is -0.0677. The molecular weight excluding hydrogens is 302 g/mol. The van der Waals surface area contributed by atoms with Crippen molar-refractivity contribution in [2.75, 3.05) is 25.5 Å². The molecule has 24 heavy (non-hydrogen) atoms. The summed E-state index contributed by atoms with van der Waals surface area (Å²) in [7, 11) is 0. The lowest BCUT2D eigenvalue weighted by Gasteiger charge is -2.11. The van der Waals surface area contributed by atoms with Crippen molar-refractivity contribution in [3.8, 4) is 11.1 Å². The Balaban J connectivity index is 2.04. The molecule has 2 aromatic rings. The molecule has 0 saturated heterocycles. The Morgan fingerprint density at radius 2 is 1.96 bits per heavy atom. The van der Waals surface area contributed by atoms with Crippen LogP contribution in [0.4, 0.5) is 5.82 Å². The summed E-state index contributed by atoms with van der Waals surface area (Å²) in [6.07, 6.45) is 0.813. The molecule has 0 aliphatic heterocycles. The topological polar surface area (TPSA) is 77.2 Å². The number of pyridine rings is 1. The fourth-order valence-electron chi connectivity index (χ4n) is 2.71. The van der Waals surface area contributed by atoms with E-state index in [2.05, 4.69) is 10.3 Å². The normalized spacial score (nSPS) is 10.6. The third kappa shape index (κ3) is 4.55. The summed E-state index contributed by atoms with van der Waals surface area (Å²) >= 11 is 0. The smallest absolute Gasteiger partial charge is 0.251 e. The molecule has 0 aliphatic rings. The largest absolute Gasteiger partial charge is 0.384 e.